The molecule has 0 radical (unpaired) electrons. The summed E-state index contributed by atoms with van der Waals surface area (Å²) in [4.78, 5) is 13.2. The largest absolute Gasteiger partial charge is 0.436 e. The number of anilines is 1. The maximum atomic E-state index is 14.6. The number of nitrogens with one attached hydrogen (secondary N) is 1. The number of nitrogens with zero attached hydrogens (tertiary/aromatic N) is 4. The van der Waals surface area contributed by atoms with Gasteiger partial charge in [0.2, 0.25) is 5.88 Å². The van der Waals surface area contributed by atoms with Gasteiger partial charge < -0.3 is 14.6 Å². The molecule has 0 unspecified atom stereocenters. The van der Waals surface area contributed by atoms with Gasteiger partial charge in [0.1, 0.15) is 11.5 Å². The van der Waals surface area contributed by atoms with Crippen LogP contribution in [0.2, 0.25) is 0 Å². The average Bonchev–Trinajstić information content (AvgIpc) is 3.24. The zero-order valence-corrected chi connectivity index (χ0v) is 14.6. The lowest BCUT2D eigenvalue weighted by molar-refractivity contribution is 0.427. The van der Waals surface area contributed by atoms with Crippen molar-refractivity contribution in [2.45, 2.75) is 13.5 Å². The van der Waals surface area contributed by atoms with E-state index in [-0.39, 0.29) is 5.75 Å². The number of pyridine rings is 1. The molecule has 6 nitrogen and oxygen atoms in total. The molecule has 0 atom stereocenters. The van der Waals surface area contributed by atoms with Crippen molar-refractivity contribution in [1.29, 1.82) is 0 Å². The Morgan fingerprint density at radius 2 is 2.07 bits per heavy atom. The second kappa shape index (κ2) is 6.05. The van der Waals surface area contributed by atoms with E-state index in [0.29, 0.717) is 17.3 Å². The van der Waals surface area contributed by atoms with Crippen LogP contribution < -0.4 is 10.1 Å². The highest BCUT2D eigenvalue weighted by atomic mass is 19.1. The molecule has 0 bridgehead atoms. The van der Waals surface area contributed by atoms with Crippen LogP contribution in [0.5, 0.6) is 11.6 Å². The fraction of sp³-hybridized carbons (Fsp3) is 0.150. The third kappa shape index (κ3) is 2.77. The van der Waals surface area contributed by atoms with Gasteiger partial charge in [-0.05, 0) is 37.3 Å². The molecule has 5 rings (SSSR count). The number of hydrogen-bond donors (Lipinski definition) is 1. The van der Waals surface area contributed by atoms with Gasteiger partial charge in [0.25, 0.3) is 0 Å². The second-order valence-electron chi connectivity index (χ2n) is 6.45. The summed E-state index contributed by atoms with van der Waals surface area (Å²) in [5.41, 5.74) is 2.26. The molecule has 27 heavy (non-hydrogen) atoms. The third-order valence-corrected chi connectivity index (χ3v) is 4.54. The van der Waals surface area contributed by atoms with Crippen molar-refractivity contribution in [3.63, 3.8) is 0 Å². The van der Waals surface area contributed by atoms with E-state index in [9.17, 15) is 4.39 Å². The van der Waals surface area contributed by atoms with Crippen LogP contribution in [-0.4, -0.2) is 26.1 Å². The average molecular weight is 361 g/mol. The number of benzene rings is 1. The molecule has 0 saturated carbocycles. The fourth-order valence-electron chi connectivity index (χ4n) is 3.26. The quantitative estimate of drug-likeness (QED) is 0.594. The minimum Gasteiger partial charge on any atom is -0.436 e. The summed E-state index contributed by atoms with van der Waals surface area (Å²) in [7, 11) is 0. The summed E-state index contributed by atoms with van der Waals surface area (Å²) in [6, 6.07) is 12.1. The lowest BCUT2D eigenvalue weighted by Gasteiger charge is -2.08. The topological polar surface area (TPSA) is 64.9 Å². The first-order valence-electron chi connectivity index (χ1n) is 8.69. The first-order valence-corrected chi connectivity index (χ1v) is 8.69. The molecule has 3 aromatic heterocycles. The number of aryl methyl sites for hydroxylation is 1. The molecule has 1 aliphatic rings. The SMILES string of the molecule is Cc1cccc(Oc2ccc(-c3ncc4cc5n(c4n3)CCN5)cc2F)n1. The van der Waals surface area contributed by atoms with Gasteiger partial charge in [-0.1, -0.05) is 6.07 Å². The molecule has 1 N–H and O–H groups in total. The third-order valence-electron chi connectivity index (χ3n) is 4.54. The molecule has 0 fully saturated rings. The van der Waals surface area contributed by atoms with Crippen molar-refractivity contribution in [2.75, 3.05) is 11.9 Å². The van der Waals surface area contributed by atoms with Crippen molar-refractivity contribution in [3.8, 4) is 23.0 Å². The number of rotatable bonds is 3. The molecule has 1 aliphatic heterocycles. The molecule has 0 spiro atoms. The Hall–Kier alpha value is -3.48. The molecule has 4 aromatic rings. The van der Waals surface area contributed by atoms with Crippen LogP contribution in [0.1, 0.15) is 5.69 Å². The molecule has 0 saturated heterocycles. The minimum atomic E-state index is -0.485. The summed E-state index contributed by atoms with van der Waals surface area (Å²) < 4.78 is 22.2. The van der Waals surface area contributed by atoms with Gasteiger partial charge in [0, 0.05) is 42.0 Å². The smallest absolute Gasteiger partial charge is 0.219 e. The molecular formula is C20H16FN5O. The van der Waals surface area contributed by atoms with Crippen LogP contribution in [0.25, 0.3) is 22.4 Å². The molecule has 0 amide bonds. The predicted octanol–water partition coefficient (Wildman–Crippen LogP) is 4.16. The van der Waals surface area contributed by atoms with Gasteiger partial charge in [-0.3, -0.25) is 0 Å². The van der Waals surface area contributed by atoms with E-state index < -0.39 is 5.82 Å². The molecule has 0 aliphatic carbocycles. The Morgan fingerprint density at radius 3 is 2.93 bits per heavy atom. The van der Waals surface area contributed by atoms with Crippen molar-refractivity contribution in [3.05, 3.63) is 60.2 Å². The second-order valence-corrected chi connectivity index (χ2v) is 6.45. The Labute approximate surface area is 154 Å². The van der Waals surface area contributed by atoms with Crippen LogP contribution in [0.15, 0.2) is 48.7 Å². The van der Waals surface area contributed by atoms with Gasteiger partial charge in [-0.2, -0.15) is 0 Å². The van der Waals surface area contributed by atoms with Gasteiger partial charge in [0.15, 0.2) is 17.4 Å². The van der Waals surface area contributed by atoms with Gasteiger partial charge >= 0.3 is 0 Å². The molecule has 7 heteroatoms. The molecule has 134 valence electrons. The molecule has 1 aromatic carbocycles. The van der Waals surface area contributed by atoms with Gasteiger partial charge in [-0.15, -0.1) is 0 Å². The monoisotopic (exact) mass is 361 g/mol. The van der Waals surface area contributed by atoms with E-state index >= 15 is 0 Å². The van der Waals surface area contributed by atoms with E-state index in [2.05, 4.69) is 24.8 Å². The van der Waals surface area contributed by atoms with E-state index in [1.54, 1.807) is 24.4 Å². The highest BCUT2D eigenvalue weighted by Gasteiger charge is 2.16. The zero-order chi connectivity index (χ0) is 18.4. The summed E-state index contributed by atoms with van der Waals surface area (Å²) in [5, 5.41) is 4.27. The maximum absolute atomic E-state index is 14.6. The first-order chi connectivity index (χ1) is 13.2. The number of fused-ring (bicyclic) bond motifs is 3. The van der Waals surface area contributed by atoms with Crippen molar-refractivity contribution in [1.82, 2.24) is 19.5 Å². The zero-order valence-electron chi connectivity index (χ0n) is 14.6. The lowest BCUT2D eigenvalue weighted by atomic mass is 10.2. The Bertz CT molecular complexity index is 1170. The van der Waals surface area contributed by atoms with Crippen molar-refractivity contribution in [2.24, 2.45) is 0 Å². The van der Waals surface area contributed by atoms with E-state index in [4.69, 9.17) is 4.74 Å². The van der Waals surface area contributed by atoms with Crippen LogP contribution in [0.3, 0.4) is 0 Å². The van der Waals surface area contributed by atoms with Gasteiger partial charge in [0.05, 0.1) is 0 Å². The Balaban J connectivity index is 1.49. The summed E-state index contributed by atoms with van der Waals surface area (Å²) in [5.74, 6) is 1.51. The summed E-state index contributed by atoms with van der Waals surface area (Å²) >= 11 is 0. The Morgan fingerprint density at radius 1 is 1.15 bits per heavy atom. The summed E-state index contributed by atoms with van der Waals surface area (Å²) in [6.07, 6.45) is 1.77. The van der Waals surface area contributed by atoms with Gasteiger partial charge in [-0.25, -0.2) is 19.3 Å². The number of ether oxygens (including phenoxy) is 1. The highest BCUT2D eigenvalue weighted by molar-refractivity contribution is 5.83. The number of hydrogen-bond acceptors (Lipinski definition) is 5. The molecular weight excluding hydrogens is 345 g/mol. The van der Waals surface area contributed by atoms with Crippen molar-refractivity contribution >= 4 is 16.9 Å². The van der Waals surface area contributed by atoms with Crippen LogP contribution in [0.4, 0.5) is 10.2 Å². The summed E-state index contributed by atoms with van der Waals surface area (Å²) in [6.45, 7) is 3.60. The maximum Gasteiger partial charge on any atom is 0.219 e. The highest BCUT2D eigenvalue weighted by Crippen LogP contribution is 2.29. The number of halogens is 1. The fourth-order valence-corrected chi connectivity index (χ4v) is 3.26. The molecule has 4 heterocycles. The standard InChI is InChI=1S/C20H16FN5O/c1-12-3-2-4-18(24-12)27-16-6-5-13(9-15(16)21)19-23-11-14-10-17-22-7-8-26(17)20(14)25-19/h2-6,9-11,22H,7-8H2,1H3. The number of aromatic nitrogens is 4. The minimum absolute atomic E-state index is 0.116. The predicted molar refractivity (Wildman–Crippen MR) is 100 cm³/mol. The normalized spacial score (nSPS) is 12.8. The van der Waals surface area contributed by atoms with Crippen LogP contribution in [0, 0.1) is 12.7 Å². The lowest BCUT2D eigenvalue weighted by Crippen LogP contribution is -1.98. The first kappa shape index (κ1) is 15.7. The van der Waals surface area contributed by atoms with Crippen LogP contribution in [-0.2, 0) is 6.54 Å². The van der Waals surface area contributed by atoms with E-state index in [1.807, 2.05) is 25.1 Å². The van der Waals surface area contributed by atoms with Crippen molar-refractivity contribution < 1.29 is 9.13 Å². The van der Waals surface area contributed by atoms with Crippen LogP contribution >= 0.6 is 0 Å². The van der Waals surface area contributed by atoms with E-state index in [1.165, 1.54) is 6.07 Å². The van der Waals surface area contributed by atoms with E-state index in [0.717, 1.165) is 35.6 Å². The Kier molecular flexibility index (Phi) is 3.53.